The molecule has 1 saturated heterocycles. The molecule has 1 aliphatic rings. The van der Waals surface area contributed by atoms with Crippen molar-refractivity contribution in [1.29, 1.82) is 5.26 Å². The highest BCUT2D eigenvalue weighted by atomic mass is 16.7. The Hall–Kier alpha value is -1.37. The first-order valence-corrected chi connectivity index (χ1v) is 6.61. The molecular weight excluding hydrogens is 226 g/mol. The second-order valence-corrected chi connectivity index (χ2v) is 4.56. The van der Waals surface area contributed by atoms with Crippen molar-refractivity contribution in [2.45, 2.75) is 38.9 Å². The summed E-state index contributed by atoms with van der Waals surface area (Å²) in [6.07, 6.45) is 3.94. The predicted octanol–water partition coefficient (Wildman–Crippen LogP) is 3.34. The molecule has 0 unspecified atom stereocenters. The maximum Gasteiger partial charge on any atom is 0.185 e. The van der Waals surface area contributed by atoms with Crippen LogP contribution in [0.4, 0.5) is 0 Å². The highest BCUT2D eigenvalue weighted by Crippen LogP contribution is 2.27. The summed E-state index contributed by atoms with van der Waals surface area (Å²) < 4.78 is 11.2. The minimum atomic E-state index is -0.366. The Labute approximate surface area is 108 Å². The lowest BCUT2D eigenvalue weighted by atomic mass is 10.0. The Bertz CT molecular complexity index is 431. The first kappa shape index (κ1) is 13.1. The van der Waals surface area contributed by atoms with E-state index in [1.807, 2.05) is 12.1 Å². The third-order valence-corrected chi connectivity index (χ3v) is 3.14. The van der Waals surface area contributed by atoms with Crippen molar-refractivity contribution in [3.8, 4) is 6.07 Å². The van der Waals surface area contributed by atoms with E-state index in [-0.39, 0.29) is 6.29 Å². The van der Waals surface area contributed by atoms with Crippen molar-refractivity contribution in [3.05, 3.63) is 34.9 Å². The van der Waals surface area contributed by atoms with Gasteiger partial charge in [-0.3, -0.25) is 0 Å². The van der Waals surface area contributed by atoms with E-state index < -0.39 is 0 Å². The molecule has 18 heavy (non-hydrogen) atoms. The standard InChI is InChI=1S/C15H19NO2/c1-2-3-5-12-6-7-13(11-16)14(10-12)15-17-8-4-9-18-15/h6-7,10,15H,2-5,8-9H2,1H3. The average Bonchev–Trinajstić information content (AvgIpc) is 2.45. The van der Waals surface area contributed by atoms with E-state index in [1.165, 1.54) is 12.0 Å². The van der Waals surface area contributed by atoms with Crippen LogP contribution in [0.5, 0.6) is 0 Å². The summed E-state index contributed by atoms with van der Waals surface area (Å²) in [5, 5.41) is 9.15. The summed E-state index contributed by atoms with van der Waals surface area (Å²) in [7, 11) is 0. The van der Waals surface area contributed by atoms with Gasteiger partial charge in [0.05, 0.1) is 24.8 Å². The number of unbranched alkanes of at least 4 members (excludes halogenated alkanes) is 1. The summed E-state index contributed by atoms with van der Waals surface area (Å²) in [4.78, 5) is 0. The lowest BCUT2D eigenvalue weighted by Crippen LogP contribution is -2.18. The fourth-order valence-electron chi connectivity index (χ4n) is 2.11. The van der Waals surface area contributed by atoms with Crippen molar-refractivity contribution < 1.29 is 9.47 Å². The molecule has 3 heteroatoms. The second kappa shape index (κ2) is 6.53. The van der Waals surface area contributed by atoms with Gasteiger partial charge in [0.2, 0.25) is 0 Å². The number of ether oxygens (including phenoxy) is 2. The van der Waals surface area contributed by atoms with Crippen LogP contribution in [0.25, 0.3) is 0 Å². The van der Waals surface area contributed by atoms with Crippen molar-refractivity contribution in [3.63, 3.8) is 0 Å². The first-order chi connectivity index (χ1) is 8.85. The minimum Gasteiger partial charge on any atom is -0.348 e. The monoisotopic (exact) mass is 245 g/mol. The zero-order valence-corrected chi connectivity index (χ0v) is 10.8. The molecule has 1 fully saturated rings. The lowest BCUT2D eigenvalue weighted by molar-refractivity contribution is -0.183. The van der Waals surface area contributed by atoms with Crippen LogP contribution in [0.15, 0.2) is 18.2 Å². The van der Waals surface area contributed by atoms with Gasteiger partial charge in [-0.05, 0) is 37.0 Å². The number of benzene rings is 1. The highest BCUT2D eigenvalue weighted by Gasteiger charge is 2.20. The van der Waals surface area contributed by atoms with Gasteiger partial charge in [-0.1, -0.05) is 19.4 Å². The predicted molar refractivity (Wildman–Crippen MR) is 69.0 cm³/mol. The molecule has 2 rings (SSSR count). The maximum absolute atomic E-state index is 9.15. The molecule has 0 bridgehead atoms. The molecule has 3 nitrogen and oxygen atoms in total. The molecule has 0 N–H and O–H groups in total. The molecule has 1 aromatic carbocycles. The van der Waals surface area contributed by atoms with E-state index in [4.69, 9.17) is 14.7 Å². The third kappa shape index (κ3) is 3.10. The molecular formula is C15H19NO2. The zero-order chi connectivity index (χ0) is 12.8. The molecule has 0 aromatic heterocycles. The molecule has 0 radical (unpaired) electrons. The average molecular weight is 245 g/mol. The largest absolute Gasteiger partial charge is 0.348 e. The molecule has 0 spiro atoms. The summed E-state index contributed by atoms with van der Waals surface area (Å²) in [6, 6.07) is 8.18. The zero-order valence-electron chi connectivity index (χ0n) is 10.8. The van der Waals surface area contributed by atoms with Crippen molar-refractivity contribution in [2.24, 2.45) is 0 Å². The Morgan fingerprint density at radius 3 is 2.78 bits per heavy atom. The van der Waals surface area contributed by atoms with E-state index in [0.29, 0.717) is 18.8 Å². The third-order valence-electron chi connectivity index (χ3n) is 3.14. The Kier molecular flexibility index (Phi) is 4.74. The SMILES string of the molecule is CCCCc1ccc(C#N)c(C2OCCCO2)c1. The smallest absolute Gasteiger partial charge is 0.185 e. The van der Waals surface area contributed by atoms with Gasteiger partial charge in [-0.15, -0.1) is 0 Å². The minimum absolute atomic E-state index is 0.366. The van der Waals surface area contributed by atoms with Crippen molar-refractivity contribution >= 4 is 0 Å². The highest BCUT2D eigenvalue weighted by molar-refractivity contribution is 5.41. The number of nitriles is 1. The summed E-state index contributed by atoms with van der Waals surface area (Å²) in [5.74, 6) is 0. The molecule has 0 saturated carbocycles. The number of aryl methyl sites for hydroxylation is 1. The van der Waals surface area contributed by atoms with E-state index >= 15 is 0 Å². The molecule has 1 aromatic rings. The van der Waals surface area contributed by atoms with E-state index in [2.05, 4.69) is 19.1 Å². The van der Waals surface area contributed by atoms with Crippen LogP contribution >= 0.6 is 0 Å². The molecule has 0 aliphatic carbocycles. The van der Waals surface area contributed by atoms with Gasteiger partial charge in [-0.2, -0.15) is 5.26 Å². The van der Waals surface area contributed by atoms with Crippen molar-refractivity contribution in [1.82, 2.24) is 0 Å². The number of rotatable bonds is 4. The van der Waals surface area contributed by atoms with E-state index in [0.717, 1.165) is 24.8 Å². The quantitative estimate of drug-likeness (QED) is 0.817. The fourth-order valence-corrected chi connectivity index (χ4v) is 2.11. The number of nitrogens with zero attached hydrogens (tertiary/aromatic N) is 1. The molecule has 0 atom stereocenters. The molecule has 96 valence electrons. The normalized spacial score (nSPS) is 16.4. The lowest BCUT2D eigenvalue weighted by Gasteiger charge is -2.24. The fraction of sp³-hybridized carbons (Fsp3) is 0.533. The van der Waals surface area contributed by atoms with Gasteiger partial charge in [0.1, 0.15) is 0 Å². The Morgan fingerprint density at radius 1 is 1.33 bits per heavy atom. The summed E-state index contributed by atoms with van der Waals surface area (Å²) in [5.41, 5.74) is 2.79. The van der Waals surface area contributed by atoms with Gasteiger partial charge in [0.15, 0.2) is 6.29 Å². The Balaban J connectivity index is 2.21. The van der Waals surface area contributed by atoms with E-state index in [9.17, 15) is 0 Å². The van der Waals surface area contributed by atoms with Crippen LogP contribution in [0.2, 0.25) is 0 Å². The van der Waals surface area contributed by atoms with Gasteiger partial charge in [0, 0.05) is 5.56 Å². The number of hydrogen-bond donors (Lipinski definition) is 0. The van der Waals surface area contributed by atoms with Crippen molar-refractivity contribution in [2.75, 3.05) is 13.2 Å². The van der Waals surface area contributed by atoms with E-state index in [1.54, 1.807) is 0 Å². The maximum atomic E-state index is 9.15. The van der Waals surface area contributed by atoms with Crippen LogP contribution in [0.3, 0.4) is 0 Å². The van der Waals surface area contributed by atoms with Gasteiger partial charge >= 0.3 is 0 Å². The van der Waals surface area contributed by atoms with Gasteiger partial charge < -0.3 is 9.47 Å². The molecule has 0 amide bonds. The first-order valence-electron chi connectivity index (χ1n) is 6.61. The van der Waals surface area contributed by atoms with Gasteiger partial charge in [-0.25, -0.2) is 0 Å². The van der Waals surface area contributed by atoms with Crippen LogP contribution in [0.1, 0.15) is 49.2 Å². The van der Waals surface area contributed by atoms with Crippen LogP contribution in [-0.4, -0.2) is 13.2 Å². The number of hydrogen-bond acceptors (Lipinski definition) is 3. The second-order valence-electron chi connectivity index (χ2n) is 4.56. The van der Waals surface area contributed by atoms with Crippen LogP contribution in [-0.2, 0) is 15.9 Å². The summed E-state index contributed by atoms with van der Waals surface area (Å²) in [6.45, 7) is 3.58. The topological polar surface area (TPSA) is 42.2 Å². The Morgan fingerprint density at radius 2 is 2.11 bits per heavy atom. The van der Waals surface area contributed by atoms with Crippen LogP contribution < -0.4 is 0 Å². The molecule has 1 aliphatic heterocycles. The van der Waals surface area contributed by atoms with Gasteiger partial charge in [0.25, 0.3) is 0 Å². The summed E-state index contributed by atoms with van der Waals surface area (Å²) >= 11 is 0. The molecule has 1 heterocycles. The van der Waals surface area contributed by atoms with Crippen LogP contribution in [0, 0.1) is 11.3 Å².